The summed E-state index contributed by atoms with van der Waals surface area (Å²) in [7, 11) is 2.96. The van der Waals surface area contributed by atoms with Gasteiger partial charge >= 0.3 is 5.91 Å². The molecular weight excluding hydrogens is 600 g/mol. The number of ether oxygens (including phenoxy) is 3. The van der Waals surface area contributed by atoms with Gasteiger partial charge in [0, 0.05) is 12.0 Å². The van der Waals surface area contributed by atoms with Crippen LogP contribution >= 0.6 is 27.3 Å². The number of Topliss-reactive ketones (excluding diaryl/α,β-unsaturated/α-hetero) is 1. The van der Waals surface area contributed by atoms with Crippen LogP contribution in [0.5, 0.6) is 23.0 Å². The summed E-state index contributed by atoms with van der Waals surface area (Å²) in [5.41, 5.74) is 2.24. The lowest BCUT2D eigenvalue weighted by atomic mass is 9.94. The number of phenols is 1. The number of hydrogen-bond acceptors (Lipinski definition) is 9. The number of fused-ring (bicyclic) bond motifs is 2. The number of aromatic hydroxyl groups is 1. The first-order valence-corrected chi connectivity index (χ1v) is 13.9. The molecule has 0 aliphatic carbocycles. The van der Waals surface area contributed by atoms with Crippen LogP contribution in [-0.2, 0) is 16.0 Å². The number of methoxy groups -OCH3 is 2. The number of aliphatic hydroxyl groups excluding tert-OH is 1. The molecule has 2 N–H and O–H groups in total. The minimum absolute atomic E-state index is 0.00236. The van der Waals surface area contributed by atoms with Crippen LogP contribution in [0.15, 0.2) is 58.6 Å². The van der Waals surface area contributed by atoms with E-state index in [-0.39, 0.29) is 34.1 Å². The van der Waals surface area contributed by atoms with Gasteiger partial charge in [-0.1, -0.05) is 11.3 Å². The number of nitrogens with zero attached hydrogens (tertiary/aromatic N) is 2. The topological polar surface area (TPSA) is 118 Å². The zero-order chi connectivity index (χ0) is 28.3. The van der Waals surface area contributed by atoms with E-state index in [2.05, 4.69) is 20.9 Å². The third-order valence-electron chi connectivity index (χ3n) is 6.99. The van der Waals surface area contributed by atoms with Crippen molar-refractivity contribution in [3.8, 4) is 23.0 Å². The fourth-order valence-corrected chi connectivity index (χ4v) is 6.58. The Balaban J connectivity index is 1.57. The zero-order valence-electron chi connectivity index (χ0n) is 21.6. The van der Waals surface area contributed by atoms with Gasteiger partial charge < -0.3 is 24.4 Å². The number of anilines is 1. The van der Waals surface area contributed by atoms with Crippen LogP contribution in [0.4, 0.5) is 5.13 Å². The molecular formula is C29H23BrN2O7S. The maximum atomic E-state index is 13.6. The third kappa shape index (κ3) is 4.16. The highest BCUT2D eigenvalue weighted by Crippen LogP contribution is 2.47. The van der Waals surface area contributed by atoms with E-state index in [1.807, 2.05) is 6.92 Å². The molecule has 1 fully saturated rings. The summed E-state index contributed by atoms with van der Waals surface area (Å²) in [6, 6.07) is 12.6. The van der Waals surface area contributed by atoms with Crippen LogP contribution in [-0.4, -0.2) is 47.2 Å². The Bertz CT molecular complexity index is 1750. The molecule has 3 aromatic carbocycles. The first kappa shape index (κ1) is 26.1. The van der Waals surface area contributed by atoms with Gasteiger partial charge in [-0.05, 0) is 82.5 Å². The molecule has 0 unspecified atom stereocenters. The molecule has 40 heavy (non-hydrogen) atoms. The lowest BCUT2D eigenvalue weighted by Gasteiger charge is -2.24. The molecule has 3 heterocycles. The average Bonchev–Trinajstić information content (AvgIpc) is 3.61. The molecule has 2 aliphatic heterocycles. The van der Waals surface area contributed by atoms with Gasteiger partial charge in [-0.3, -0.25) is 14.5 Å². The maximum absolute atomic E-state index is 13.6. The van der Waals surface area contributed by atoms with Crippen molar-refractivity contribution in [3.63, 3.8) is 0 Å². The van der Waals surface area contributed by atoms with Gasteiger partial charge in [-0.15, -0.1) is 0 Å². The van der Waals surface area contributed by atoms with Crippen molar-refractivity contribution in [1.29, 1.82) is 0 Å². The highest BCUT2D eigenvalue weighted by atomic mass is 79.9. The molecule has 4 aromatic rings. The Morgan fingerprint density at radius 1 is 1.12 bits per heavy atom. The second kappa shape index (κ2) is 9.83. The third-order valence-corrected chi connectivity index (χ3v) is 8.61. The van der Waals surface area contributed by atoms with Crippen molar-refractivity contribution in [1.82, 2.24) is 4.98 Å². The molecule has 0 radical (unpaired) electrons. The molecule has 2 atom stereocenters. The first-order valence-electron chi connectivity index (χ1n) is 12.3. The molecule has 6 rings (SSSR count). The van der Waals surface area contributed by atoms with E-state index in [0.717, 1.165) is 16.0 Å². The Labute approximate surface area is 241 Å². The van der Waals surface area contributed by atoms with Crippen LogP contribution < -0.4 is 19.1 Å². The summed E-state index contributed by atoms with van der Waals surface area (Å²) in [5, 5.41) is 22.3. The Morgan fingerprint density at radius 2 is 1.93 bits per heavy atom. The molecule has 9 nitrogen and oxygen atoms in total. The number of aliphatic hydroxyl groups is 1. The van der Waals surface area contributed by atoms with Gasteiger partial charge in [0.2, 0.25) is 0 Å². The summed E-state index contributed by atoms with van der Waals surface area (Å²) in [4.78, 5) is 33.2. The van der Waals surface area contributed by atoms with Crippen molar-refractivity contribution in [3.05, 3.63) is 75.3 Å². The van der Waals surface area contributed by atoms with E-state index in [1.165, 1.54) is 29.4 Å². The average molecular weight is 623 g/mol. The van der Waals surface area contributed by atoms with Gasteiger partial charge in [0.05, 0.1) is 40.5 Å². The van der Waals surface area contributed by atoms with Gasteiger partial charge in [-0.2, -0.15) is 0 Å². The number of benzene rings is 3. The van der Waals surface area contributed by atoms with E-state index >= 15 is 0 Å². The fourth-order valence-electron chi connectivity index (χ4n) is 5.10. The summed E-state index contributed by atoms with van der Waals surface area (Å²) in [5.74, 6) is -0.664. The van der Waals surface area contributed by atoms with Crippen molar-refractivity contribution in [2.24, 2.45) is 0 Å². The lowest BCUT2D eigenvalue weighted by Crippen LogP contribution is -2.29. The fraction of sp³-hybridized carbons (Fsp3) is 0.207. The number of carbonyl (C=O) groups is 2. The summed E-state index contributed by atoms with van der Waals surface area (Å²) < 4.78 is 17.5. The van der Waals surface area contributed by atoms with Crippen LogP contribution in [0.2, 0.25) is 0 Å². The molecule has 11 heteroatoms. The van der Waals surface area contributed by atoms with Crippen LogP contribution in [0.3, 0.4) is 0 Å². The van der Waals surface area contributed by atoms with E-state index in [4.69, 9.17) is 14.2 Å². The summed E-state index contributed by atoms with van der Waals surface area (Å²) >= 11 is 4.56. The normalized spacial score (nSPS) is 19.6. The van der Waals surface area contributed by atoms with Crippen LogP contribution in [0.25, 0.3) is 16.0 Å². The number of hydrogen-bond donors (Lipinski definition) is 2. The minimum atomic E-state index is -1.06. The number of ketones is 1. The number of thiazole rings is 1. The highest BCUT2D eigenvalue weighted by molar-refractivity contribution is 9.10. The SMILES string of the molecule is COc1ccc2nc(N3C(=O)C(=O)C(=C(O)c4ccc5c(c4)C[C@@H](C)O5)[C@@H]3c3cc(Br)c(O)c(OC)c3)sc2c1. The first-order chi connectivity index (χ1) is 19.2. The molecule has 0 saturated carbocycles. The molecule has 2 aliphatic rings. The van der Waals surface area contributed by atoms with E-state index in [1.54, 1.807) is 49.6 Å². The van der Waals surface area contributed by atoms with Gasteiger partial charge in [0.1, 0.15) is 23.4 Å². The molecule has 0 spiro atoms. The van der Waals surface area contributed by atoms with E-state index < -0.39 is 17.7 Å². The number of halogens is 1. The summed E-state index contributed by atoms with van der Waals surface area (Å²) in [6.07, 6.45) is 0.656. The van der Waals surface area contributed by atoms with Crippen LogP contribution in [0, 0.1) is 0 Å². The molecule has 204 valence electrons. The second-order valence-electron chi connectivity index (χ2n) is 9.51. The smallest absolute Gasteiger partial charge is 0.301 e. The van der Waals surface area contributed by atoms with E-state index in [0.29, 0.717) is 33.3 Å². The Morgan fingerprint density at radius 3 is 2.67 bits per heavy atom. The number of rotatable bonds is 5. The summed E-state index contributed by atoms with van der Waals surface area (Å²) in [6.45, 7) is 1.95. The highest BCUT2D eigenvalue weighted by Gasteiger charge is 2.48. The number of carbonyl (C=O) groups excluding carboxylic acids is 2. The minimum Gasteiger partial charge on any atom is -0.507 e. The number of amides is 1. The molecule has 0 bridgehead atoms. The van der Waals surface area contributed by atoms with Crippen LogP contribution in [0.1, 0.15) is 29.7 Å². The maximum Gasteiger partial charge on any atom is 0.301 e. The van der Waals surface area contributed by atoms with Gasteiger partial charge in [-0.25, -0.2) is 4.98 Å². The molecule has 1 aromatic heterocycles. The largest absolute Gasteiger partial charge is 0.507 e. The van der Waals surface area contributed by atoms with Gasteiger partial charge in [0.15, 0.2) is 16.6 Å². The quantitative estimate of drug-likeness (QED) is 0.164. The zero-order valence-corrected chi connectivity index (χ0v) is 24.0. The monoisotopic (exact) mass is 622 g/mol. The van der Waals surface area contributed by atoms with E-state index in [9.17, 15) is 19.8 Å². The van der Waals surface area contributed by atoms with Crippen molar-refractivity contribution < 1.29 is 34.0 Å². The second-order valence-corrected chi connectivity index (χ2v) is 11.4. The Hall–Kier alpha value is -4.09. The number of aromatic nitrogens is 1. The van der Waals surface area contributed by atoms with Gasteiger partial charge in [0.25, 0.3) is 5.78 Å². The predicted octanol–water partition coefficient (Wildman–Crippen LogP) is 5.73. The van der Waals surface area contributed by atoms with Crippen molar-refractivity contribution in [2.75, 3.05) is 19.1 Å². The lowest BCUT2D eigenvalue weighted by molar-refractivity contribution is -0.132. The Kier molecular flexibility index (Phi) is 6.42. The molecule has 1 saturated heterocycles. The predicted molar refractivity (Wildman–Crippen MR) is 154 cm³/mol. The van der Waals surface area contributed by atoms with Crippen molar-refractivity contribution in [2.45, 2.75) is 25.5 Å². The van der Waals surface area contributed by atoms with Crippen molar-refractivity contribution >= 4 is 60.1 Å². The number of phenolic OH excluding ortho intramolecular Hbond substituents is 1. The standard InChI is InChI=1S/C29H23BrN2O7S/c1-13-8-15-9-14(4-7-20(15)39-13)25(33)23-24(16-10-18(30)26(34)21(11-16)38-3)32(28(36)27(23)35)29-31-19-6-5-17(37-2)12-22(19)40-29/h4-7,9-13,24,33-34H,8H2,1-3H3/t13-,24+/m1/s1. The molecule has 1 amide bonds.